The van der Waals surface area contributed by atoms with Gasteiger partial charge in [-0.3, -0.25) is 4.79 Å². The maximum atomic E-state index is 12.8. The molecule has 194 valence electrons. The predicted molar refractivity (Wildman–Crippen MR) is 150 cm³/mol. The molecule has 0 spiro atoms. The molecule has 37 heavy (non-hydrogen) atoms. The van der Waals surface area contributed by atoms with Crippen LogP contribution in [0.5, 0.6) is 5.88 Å². The number of carbonyl (C=O) groups is 1. The number of benzene rings is 2. The Bertz CT molecular complexity index is 1160. The van der Waals surface area contributed by atoms with Crippen molar-refractivity contribution in [2.45, 2.75) is 57.7 Å². The van der Waals surface area contributed by atoms with Crippen molar-refractivity contribution in [2.24, 2.45) is 17.8 Å². The highest BCUT2D eigenvalue weighted by Crippen LogP contribution is 2.60. The number of nitrogens with zero attached hydrogens (tertiary/aromatic N) is 1. The van der Waals surface area contributed by atoms with Crippen molar-refractivity contribution in [3.8, 4) is 5.88 Å². The Morgan fingerprint density at radius 3 is 1.97 bits per heavy atom. The Kier molecular flexibility index (Phi) is 6.99. The van der Waals surface area contributed by atoms with Crippen LogP contribution in [0.4, 0.5) is 0 Å². The van der Waals surface area contributed by atoms with Crippen molar-refractivity contribution in [3.05, 3.63) is 84.6 Å². The van der Waals surface area contributed by atoms with E-state index in [-0.39, 0.29) is 23.1 Å². The van der Waals surface area contributed by atoms with E-state index in [2.05, 4.69) is 98.7 Å². The zero-order valence-electron chi connectivity index (χ0n) is 22.5. The molecule has 2 aromatic carbocycles. The third kappa shape index (κ3) is 4.85. The van der Waals surface area contributed by atoms with Gasteiger partial charge in [0.2, 0.25) is 5.88 Å². The minimum absolute atomic E-state index is 0.0183. The minimum atomic E-state index is -2.54. The molecule has 2 saturated carbocycles. The van der Waals surface area contributed by atoms with Crippen LogP contribution in [-0.2, 0) is 4.43 Å². The monoisotopic (exact) mass is 514 g/mol. The second kappa shape index (κ2) is 10.1. The van der Waals surface area contributed by atoms with Gasteiger partial charge in [0.05, 0.1) is 12.7 Å². The van der Waals surface area contributed by atoms with Crippen molar-refractivity contribution < 1.29 is 14.0 Å². The number of nitrogens with one attached hydrogen (secondary N) is 1. The van der Waals surface area contributed by atoms with Crippen LogP contribution < -0.4 is 20.4 Å². The Balaban J connectivity index is 1.29. The fourth-order valence-corrected chi connectivity index (χ4v) is 11.3. The SMILES string of the molecule is COc1ccc(C(=O)NC(C)C2[C@H]3CC(O[Si](c4ccccc4)(c4ccccc4)C(C)(C)C)C[C@@H]23)cn1. The summed E-state index contributed by atoms with van der Waals surface area (Å²) in [6.07, 6.45) is 3.93. The van der Waals surface area contributed by atoms with Crippen LogP contribution in [0.2, 0.25) is 5.04 Å². The van der Waals surface area contributed by atoms with E-state index in [1.807, 2.05) is 0 Å². The number of amides is 1. The standard InChI is InChI=1S/C31H38N2O3Si/c1-21(33-30(34)22-16-17-28(35-5)32-20-22)29-26-18-23(19-27(26)29)36-37(31(2,3)4,24-12-8-6-9-13-24)25-14-10-7-11-15-25/h6-17,20-21,23,26-27,29H,18-19H2,1-5H3,(H,33,34)/t21?,23?,26-,27+,29?. The zero-order valence-corrected chi connectivity index (χ0v) is 23.5. The Morgan fingerprint density at radius 1 is 0.946 bits per heavy atom. The zero-order chi connectivity index (χ0) is 26.2. The Hall–Kier alpha value is -2.96. The molecule has 0 saturated heterocycles. The topological polar surface area (TPSA) is 60.5 Å². The summed E-state index contributed by atoms with van der Waals surface area (Å²) in [4.78, 5) is 16.9. The highest BCUT2D eigenvalue weighted by molar-refractivity contribution is 6.99. The van der Waals surface area contributed by atoms with Gasteiger partial charge in [-0.1, -0.05) is 81.4 Å². The van der Waals surface area contributed by atoms with E-state index in [1.54, 1.807) is 25.4 Å². The van der Waals surface area contributed by atoms with Crippen molar-refractivity contribution >= 4 is 24.6 Å². The van der Waals surface area contributed by atoms with E-state index in [9.17, 15) is 4.79 Å². The lowest BCUT2D eigenvalue weighted by Gasteiger charge is -2.45. The lowest BCUT2D eigenvalue weighted by atomic mass is 10.0. The molecule has 1 heterocycles. The molecule has 0 bridgehead atoms. The molecule has 3 unspecified atom stereocenters. The number of aromatic nitrogens is 1. The van der Waals surface area contributed by atoms with E-state index in [0.717, 1.165) is 12.8 Å². The second-order valence-electron chi connectivity index (χ2n) is 11.6. The molecule has 1 N–H and O–H groups in total. The normalized spacial score (nSPS) is 23.7. The van der Waals surface area contributed by atoms with Crippen LogP contribution in [0.25, 0.3) is 0 Å². The van der Waals surface area contributed by atoms with Crippen molar-refractivity contribution in [1.82, 2.24) is 10.3 Å². The first-order chi connectivity index (χ1) is 17.7. The maximum Gasteiger partial charge on any atom is 0.261 e. The maximum absolute atomic E-state index is 12.8. The summed E-state index contributed by atoms with van der Waals surface area (Å²) in [5.74, 6) is 2.15. The van der Waals surface area contributed by atoms with Crippen LogP contribution in [-0.4, -0.2) is 38.5 Å². The summed E-state index contributed by atoms with van der Waals surface area (Å²) >= 11 is 0. The van der Waals surface area contributed by atoms with Gasteiger partial charge >= 0.3 is 0 Å². The van der Waals surface area contributed by atoms with Gasteiger partial charge in [0.15, 0.2) is 0 Å². The highest BCUT2D eigenvalue weighted by Gasteiger charge is 2.61. The number of methoxy groups -OCH3 is 1. The highest BCUT2D eigenvalue weighted by atomic mass is 28.4. The summed E-state index contributed by atoms with van der Waals surface area (Å²) in [5, 5.41) is 5.86. The molecular formula is C31H38N2O3Si. The first-order valence-corrected chi connectivity index (χ1v) is 15.2. The molecule has 2 fully saturated rings. The third-order valence-electron chi connectivity index (χ3n) is 8.37. The van der Waals surface area contributed by atoms with Crippen molar-refractivity contribution in [3.63, 3.8) is 0 Å². The first-order valence-electron chi connectivity index (χ1n) is 13.3. The predicted octanol–water partition coefficient (Wildman–Crippen LogP) is 4.81. The van der Waals surface area contributed by atoms with E-state index >= 15 is 0 Å². The minimum Gasteiger partial charge on any atom is -0.481 e. The quantitative estimate of drug-likeness (QED) is 0.438. The third-order valence-corrected chi connectivity index (χ3v) is 13.5. The van der Waals surface area contributed by atoms with Gasteiger partial charge in [-0.05, 0) is 59.0 Å². The molecule has 6 heteroatoms. The van der Waals surface area contributed by atoms with Crippen LogP contribution in [0.15, 0.2) is 79.0 Å². The van der Waals surface area contributed by atoms with Crippen molar-refractivity contribution in [1.29, 1.82) is 0 Å². The number of rotatable bonds is 8. The lowest BCUT2D eigenvalue weighted by molar-refractivity contribution is 0.0929. The molecular weight excluding hydrogens is 476 g/mol. The van der Waals surface area contributed by atoms with Crippen LogP contribution in [0.1, 0.15) is 50.9 Å². The van der Waals surface area contributed by atoms with Gasteiger partial charge in [-0.15, -0.1) is 0 Å². The second-order valence-corrected chi connectivity index (χ2v) is 15.9. The first kappa shape index (κ1) is 25.7. The molecule has 1 amide bonds. The molecule has 2 aliphatic rings. The Morgan fingerprint density at radius 2 is 1.51 bits per heavy atom. The van der Waals surface area contributed by atoms with Gasteiger partial charge in [0, 0.05) is 24.4 Å². The molecule has 0 aliphatic heterocycles. The van der Waals surface area contributed by atoms with Crippen LogP contribution in [0, 0.1) is 17.8 Å². The van der Waals surface area contributed by atoms with Crippen molar-refractivity contribution in [2.75, 3.05) is 7.11 Å². The van der Waals surface area contributed by atoms with Gasteiger partial charge in [0.1, 0.15) is 0 Å². The van der Waals surface area contributed by atoms with Gasteiger partial charge in [-0.2, -0.15) is 0 Å². The summed E-state index contributed by atoms with van der Waals surface area (Å²) in [7, 11) is -0.968. The lowest BCUT2D eigenvalue weighted by Crippen LogP contribution is -2.67. The molecule has 2 aliphatic carbocycles. The van der Waals surface area contributed by atoms with Gasteiger partial charge in [-0.25, -0.2) is 4.98 Å². The number of ether oxygens (including phenoxy) is 1. The summed E-state index contributed by atoms with van der Waals surface area (Å²) in [5.41, 5.74) is 0.561. The average Bonchev–Trinajstić information content (AvgIpc) is 3.42. The number of pyridine rings is 1. The van der Waals surface area contributed by atoms with E-state index < -0.39 is 8.32 Å². The number of carbonyl (C=O) groups excluding carboxylic acids is 1. The van der Waals surface area contributed by atoms with Crippen LogP contribution in [0.3, 0.4) is 0 Å². The molecule has 1 aromatic heterocycles. The molecule has 0 radical (unpaired) electrons. The van der Waals surface area contributed by atoms with Crippen LogP contribution >= 0.6 is 0 Å². The largest absolute Gasteiger partial charge is 0.481 e. The molecule has 5 atom stereocenters. The summed E-state index contributed by atoms with van der Waals surface area (Å²) in [6, 6.07) is 25.4. The fourth-order valence-electron chi connectivity index (χ4n) is 6.64. The molecule has 3 aromatic rings. The van der Waals surface area contributed by atoms with E-state index in [4.69, 9.17) is 9.16 Å². The summed E-state index contributed by atoms with van der Waals surface area (Å²) < 4.78 is 12.5. The van der Waals surface area contributed by atoms with E-state index in [0.29, 0.717) is 29.2 Å². The number of hydrogen-bond donors (Lipinski definition) is 1. The smallest absolute Gasteiger partial charge is 0.261 e. The molecule has 5 nitrogen and oxygen atoms in total. The Labute approximate surface area is 221 Å². The number of hydrogen-bond acceptors (Lipinski definition) is 4. The molecule has 5 rings (SSSR count). The van der Waals surface area contributed by atoms with Gasteiger partial charge < -0.3 is 14.5 Å². The average molecular weight is 515 g/mol. The number of fused-ring (bicyclic) bond motifs is 1. The summed E-state index contributed by atoms with van der Waals surface area (Å²) in [6.45, 7) is 9.14. The fraction of sp³-hybridized carbons (Fsp3) is 0.419. The van der Waals surface area contributed by atoms with Gasteiger partial charge in [0.25, 0.3) is 14.2 Å². The van der Waals surface area contributed by atoms with E-state index in [1.165, 1.54) is 10.4 Å².